The minimum Gasteiger partial charge on any atom is -0.466 e. The Morgan fingerprint density at radius 2 is 2.44 bits per heavy atom. The molecule has 0 bridgehead atoms. The molecule has 4 nitrogen and oxygen atoms in total. The highest BCUT2D eigenvalue weighted by Crippen LogP contribution is 1.81. The van der Waals surface area contributed by atoms with Crippen molar-refractivity contribution in [1.82, 2.24) is 5.43 Å². The van der Waals surface area contributed by atoms with E-state index in [1.165, 1.54) is 0 Å². The van der Waals surface area contributed by atoms with Gasteiger partial charge in [0.2, 0.25) is 0 Å². The number of carbonyl (C=O) groups is 1. The number of nitrogens with two attached hydrogens (primary N) is 1. The second-order valence-corrected chi connectivity index (χ2v) is 1.51. The zero-order chi connectivity index (χ0) is 7.11. The maximum Gasteiger partial charge on any atom is 0.307 e. The maximum atomic E-state index is 10.5. The Balaban J connectivity index is 3.06. The Kier molecular flexibility index (Phi) is 5.15. The van der Waals surface area contributed by atoms with Gasteiger partial charge in [0.25, 0.3) is 0 Å². The Morgan fingerprint density at radius 3 is 2.89 bits per heavy atom. The van der Waals surface area contributed by atoms with Crippen molar-refractivity contribution in [2.75, 3.05) is 13.2 Å². The van der Waals surface area contributed by atoms with E-state index in [4.69, 9.17) is 5.84 Å². The summed E-state index contributed by atoms with van der Waals surface area (Å²) in [6.45, 7) is 2.68. The molecule has 0 aromatic heterocycles. The largest absolute Gasteiger partial charge is 0.466 e. The molecule has 54 valence electrons. The molecule has 0 amide bonds. The van der Waals surface area contributed by atoms with Crippen molar-refractivity contribution < 1.29 is 9.53 Å². The Bertz CT molecular complexity index is 85.0. The van der Waals surface area contributed by atoms with Crippen LogP contribution in [-0.4, -0.2) is 19.1 Å². The van der Waals surface area contributed by atoms with Crippen molar-refractivity contribution >= 4 is 5.97 Å². The van der Waals surface area contributed by atoms with Crippen LogP contribution in [0.15, 0.2) is 0 Å². The minimum absolute atomic E-state index is 0.213. The van der Waals surface area contributed by atoms with E-state index in [1.807, 2.05) is 0 Å². The van der Waals surface area contributed by atoms with Crippen LogP contribution in [0.25, 0.3) is 0 Å². The summed E-state index contributed by atoms with van der Waals surface area (Å²) >= 11 is 0. The molecule has 9 heavy (non-hydrogen) atoms. The number of nitrogens with one attached hydrogen (secondary N) is 1. The molecule has 0 radical (unpaired) electrons. The molecule has 3 N–H and O–H groups in total. The molecule has 0 aliphatic heterocycles. The van der Waals surface area contributed by atoms with Crippen LogP contribution >= 0.6 is 0 Å². The second-order valence-electron chi connectivity index (χ2n) is 1.51. The lowest BCUT2D eigenvalue weighted by atomic mass is 10.4. The van der Waals surface area contributed by atoms with Crippen LogP contribution in [0.5, 0.6) is 0 Å². The van der Waals surface area contributed by atoms with E-state index in [0.717, 1.165) is 0 Å². The van der Waals surface area contributed by atoms with Crippen LogP contribution in [0, 0.1) is 0 Å². The van der Waals surface area contributed by atoms with Crippen molar-refractivity contribution in [3.05, 3.63) is 0 Å². The third kappa shape index (κ3) is 5.26. The molecule has 0 saturated heterocycles. The number of ether oxygens (including phenoxy) is 1. The normalized spacial score (nSPS) is 9.11. The van der Waals surface area contributed by atoms with E-state index in [1.54, 1.807) is 6.92 Å². The van der Waals surface area contributed by atoms with Crippen molar-refractivity contribution in [1.29, 1.82) is 0 Å². The summed E-state index contributed by atoms with van der Waals surface area (Å²) in [5.41, 5.74) is 2.36. The highest BCUT2D eigenvalue weighted by atomic mass is 16.5. The first-order chi connectivity index (χ1) is 4.31. The van der Waals surface area contributed by atoms with Gasteiger partial charge in [0.05, 0.1) is 13.0 Å². The lowest BCUT2D eigenvalue weighted by Gasteiger charge is -1.98. The maximum absolute atomic E-state index is 10.5. The van der Waals surface area contributed by atoms with Gasteiger partial charge in [0.15, 0.2) is 0 Å². The summed E-state index contributed by atoms with van der Waals surface area (Å²) in [6, 6.07) is 0. The van der Waals surface area contributed by atoms with Crippen LogP contribution in [0.3, 0.4) is 0 Å². The lowest BCUT2D eigenvalue weighted by Crippen LogP contribution is -2.25. The Morgan fingerprint density at radius 1 is 1.78 bits per heavy atom. The monoisotopic (exact) mass is 132 g/mol. The zero-order valence-electron chi connectivity index (χ0n) is 5.52. The first kappa shape index (κ1) is 8.39. The molecule has 0 spiro atoms. The number of rotatable bonds is 4. The summed E-state index contributed by atoms with van der Waals surface area (Å²) in [6.07, 6.45) is 0.338. The summed E-state index contributed by atoms with van der Waals surface area (Å²) in [4.78, 5) is 10.5. The number of hydrogen-bond acceptors (Lipinski definition) is 4. The molecule has 0 aromatic rings. The van der Waals surface area contributed by atoms with Crippen molar-refractivity contribution in [2.24, 2.45) is 5.84 Å². The van der Waals surface area contributed by atoms with Gasteiger partial charge in [-0.05, 0) is 6.92 Å². The predicted octanol–water partition coefficient (Wildman–Crippen LogP) is -0.597. The standard InChI is InChI=1S/C5H12N2O2/c1-2-9-5(8)3-4-7-6/h7H,2-4,6H2,1H3. The second kappa shape index (κ2) is 5.53. The fourth-order valence-electron chi connectivity index (χ4n) is 0.407. The minimum atomic E-state index is -0.213. The van der Waals surface area contributed by atoms with Gasteiger partial charge in [-0.2, -0.15) is 0 Å². The number of esters is 1. The highest BCUT2D eigenvalue weighted by Gasteiger charge is 1.97. The quantitative estimate of drug-likeness (QED) is 0.304. The van der Waals surface area contributed by atoms with Crippen molar-refractivity contribution in [3.8, 4) is 0 Å². The molecule has 0 aromatic carbocycles. The fourth-order valence-corrected chi connectivity index (χ4v) is 0.407. The highest BCUT2D eigenvalue weighted by molar-refractivity contribution is 5.69. The summed E-state index contributed by atoms with van der Waals surface area (Å²) in [5, 5.41) is 0. The Labute approximate surface area is 54.3 Å². The number of hydrogen-bond donors (Lipinski definition) is 2. The van der Waals surface area contributed by atoms with Crippen molar-refractivity contribution in [3.63, 3.8) is 0 Å². The molecule has 0 fully saturated rings. The van der Waals surface area contributed by atoms with Gasteiger partial charge in [-0.25, -0.2) is 0 Å². The van der Waals surface area contributed by atoms with E-state index in [-0.39, 0.29) is 5.97 Å². The van der Waals surface area contributed by atoms with Crippen LogP contribution in [0.1, 0.15) is 13.3 Å². The number of hydrazine groups is 1. The predicted molar refractivity (Wildman–Crippen MR) is 33.4 cm³/mol. The van der Waals surface area contributed by atoms with E-state index in [0.29, 0.717) is 19.6 Å². The van der Waals surface area contributed by atoms with Gasteiger partial charge in [-0.1, -0.05) is 0 Å². The SMILES string of the molecule is CCOC(=O)CCNN. The van der Waals surface area contributed by atoms with Gasteiger partial charge in [0, 0.05) is 6.54 Å². The van der Waals surface area contributed by atoms with Crippen LogP contribution in [-0.2, 0) is 9.53 Å². The van der Waals surface area contributed by atoms with Gasteiger partial charge < -0.3 is 4.74 Å². The molecule has 0 rings (SSSR count). The fraction of sp³-hybridized carbons (Fsp3) is 0.800. The van der Waals surface area contributed by atoms with Gasteiger partial charge in [0.1, 0.15) is 0 Å². The Hall–Kier alpha value is -0.610. The van der Waals surface area contributed by atoms with Gasteiger partial charge in [-0.3, -0.25) is 16.1 Å². The molecule has 0 heterocycles. The first-order valence-corrected chi connectivity index (χ1v) is 2.90. The summed E-state index contributed by atoms with van der Waals surface area (Å²) < 4.78 is 4.61. The first-order valence-electron chi connectivity index (χ1n) is 2.90. The molecular formula is C5H12N2O2. The van der Waals surface area contributed by atoms with Crippen LogP contribution < -0.4 is 11.3 Å². The average molecular weight is 132 g/mol. The summed E-state index contributed by atoms with van der Waals surface area (Å²) in [7, 11) is 0. The molecule has 4 heteroatoms. The van der Waals surface area contributed by atoms with Crippen molar-refractivity contribution in [2.45, 2.75) is 13.3 Å². The molecule has 0 aliphatic carbocycles. The molecular weight excluding hydrogens is 120 g/mol. The third-order valence-corrected chi connectivity index (χ3v) is 0.779. The number of carbonyl (C=O) groups excluding carboxylic acids is 1. The molecule has 0 atom stereocenters. The van der Waals surface area contributed by atoms with E-state index in [2.05, 4.69) is 10.2 Å². The van der Waals surface area contributed by atoms with Gasteiger partial charge >= 0.3 is 5.97 Å². The lowest BCUT2D eigenvalue weighted by molar-refractivity contribution is -0.142. The smallest absolute Gasteiger partial charge is 0.307 e. The van der Waals surface area contributed by atoms with Crippen LogP contribution in [0.4, 0.5) is 0 Å². The summed E-state index contributed by atoms with van der Waals surface area (Å²) in [5.74, 6) is 4.70. The molecule has 0 aliphatic rings. The van der Waals surface area contributed by atoms with E-state index >= 15 is 0 Å². The van der Waals surface area contributed by atoms with Crippen LogP contribution in [0.2, 0.25) is 0 Å². The zero-order valence-corrected chi connectivity index (χ0v) is 5.52. The third-order valence-electron chi connectivity index (χ3n) is 0.779. The van der Waals surface area contributed by atoms with E-state index in [9.17, 15) is 4.79 Å². The topological polar surface area (TPSA) is 64.3 Å². The molecule has 0 saturated carbocycles. The van der Waals surface area contributed by atoms with E-state index < -0.39 is 0 Å². The molecule has 0 unspecified atom stereocenters. The average Bonchev–Trinajstić information content (AvgIpc) is 1.85. The van der Waals surface area contributed by atoms with Gasteiger partial charge in [-0.15, -0.1) is 0 Å².